The van der Waals surface area contributed by atoms with E-state index in [9.17, 15) is 0 Å². The summed E-state index contributed by atoms with van der Waals surface area (Å²) in [6, 6.07) is 0.267. The Bertz CT molecular complexity index is 262. The highest BCUT2D eigenvalue weighted by molar-refractivity contribution is 5.00. The standard InChI is InChI=1S/C14H27NO3/c1-13(2,3)15-9-7-16-12-10(8-17-11(9)12)18-14(4,5)6/h9-12,15H,7-8H2,1-6H3/t9-,10+,11?,12?/m1/s1. The molecule has 0 aromatic heterocycles. The summed E-state index contributed by atoms with van der Waals surface area (Å²) < 4.78 is 17.8. The highest BCUT2D eigenvalue weighted by Gasteiger charge is 2.49. The second kappa shape index (κ2) is 4.75. The van der Waals surface area contributed by atoms with Crippen LogP contribution in [0.15, 0.2) is 0 Å². The fourth-order valence-corrected chi connectivity index (χ4v) is 2.70. The summed E-state index contributed by atoms with van der Waals surface area (Å²) in [4.78, 5) is 0. The Kier molecular flexibility index (Phi) is 3.76. The number of rotatable bonds is 2. The molecular weight excluding hydrogens is 230 g/mol. The third-order valence-corrected chi connectivity index (χ3v) is 3.13. The van der Waals surface area contributed by atoms with Gasteiger partial charge in [0, 0.05) is 5.54 Å². The van der Waals surface area contributed by atoms with Gasteiger partial charge in [0.15, 0.2) is 0 Å². The van der Waals surface area contributed by atoms with Gasteiger partial charge < -0.3 is 19.5 Å². The number of ether oxygens (including phenoxy) is 3. The minimum Gasteiger partial charge on any atom is -0.371 e. The molecule has 2 fully saturated rings. The smallest absolute Gasteiger partial charge is 0.114 e. The monoisotopic (exact) mass is 257 g/mol. The van der Waals surface area contributed by atoms with Crippen LogP contribution in [-0.4, -0.2) is 48.7 Å². The average molecular weight is 257 g/mol. The van der Waals surface area contributed by atoms with E-state index in [0.717, 1.165) is 0 Å². The summed E-state index contributed by atoms with van der Waals surface area (Å²) >= 11 is 0. The summed E-state index contributed by atoms with van der Waals surface area (Å²) in [5.74, 6) is 0. The molecule has 0 aromatic carbocycles. The van der Waals surface area contributed by atoms with Gasteiger partial charge in [0.25, 0.3) is 0 Å². The molecule has 106 valence electrons. The third-order valence-electron chi connectivity index (χ3n) is 3.13. The Morgan fingerprint density at radius 1 is 0.944 bits per heavy atom. The molecule has 0 saturated carbocycles. The Hall–Kier alpha value is -0.160. The Labute approximate surface area is 110 Å². The van der Waals surface area contributed by atoms with Crippen molar-refractivity contribution in [3.63, 3.8) is 0 Å². The lowest BCUT2D eigenvalue weighted by molar-refractivity contribution is -0.103. The normalized spacial score (nSPS) is 37.0. The second-order valence-corrected chi connectivity index (χ2v) is 7.37. The van der Waals surface area contributed by atoms with Crippen molar-refractivity contribution >= 4 is 0 Å². The molecule has 2 aliphatic rings. The van der Waals surface area contributed by atoms with E-state index in [4.69, 9.17) is 14.2 Å². The predicted octanol–water partition coefficient (Wildman–Crippen LogP) is 1.72. The quantitative estimate of drug-likeness (QED) is 0.818. The highest BCUT2D eigenvalue weighted by Crippen LogP contribution is 2.31. The molecule has 0 aromatic rings. The van der Waals surface area contributed by atoms with Crippen LogP contribution in [0.2, 0.25) is 0 Å². The van der Waals surface area contributed by atoms with Crippen molar-refractivity contribution in [2.75, 3.05) is 13.2 Å². The molecule has 2 saturated heterocycles. The molecule has 0 amide bonds. The van der Waals surface area contributed by atoms with E-state index in [0.29, 0.717) is 13.2 Å². The molecule has 0 aliphatic carbocycles. The lowest BCUT2D eigenvalue weighted by atomic mass is 10.0. The van der Waals surface area contributed by atoms with Gasteiger partial charge in [-0.3, -0.25) is 0 Å². The molecule has 4 heteroatoms. The van der Waals surface area contributed by atoms with Gasteiger partial charge in [0.05, 0.1) is 24.9 Å². The van der Waals surface area contributed by atoms with Crippen LogP contribution in [0, 0.1) is 0 Å². The number of fused-ring (bicyclic) bond motifs is 1. The van der Waals surface area contributed by atoms with Crippen LogP contribution in [0.4, 0.5) is 0 Å². The van der Waals surface area contributed by atoms with Gasteiger partial charge >= 0.3 is 0 Å². The molecule has 4 atom stereocenters. The molecule has 0 radical (unpaired) electrons. The van der Waals surface area contributed by atoms with Crippen LogP contribution in [0.5, 0.6) is 0 Å². The van der Waals surface area contributed by atoms with E-state index in [1.54, 1.807) is 0 Å². The van der Waals surface area contributed by atoms with Crippen LogP contribution in [0.3, 0.4) is 0 Å². The molecule has 2 heterocycles. The fourth-order valence-electron chi connectivity index (χ4n) is 2.70. The van der Waals surface area contributed by atoms with E-state index in [2.05, 4.69) is 46.9 Å². The maximum Gasteiger partial charge on any atom is 0.114 e. The van der Waals surface area contributed by atoms with Crippen LogP contribution in [0.1, 0.15) is 41.5 Å². The minimum atomic E-state index is -0.151. The van der Waals surface area contributed by atoms with Gasteiger partial charge in [0.2, 0.25) is 0 Å². The minimum absolute atomic E-state index is 0.0572. The first-order valence-corrected chi connectivity index (χ1v) is 6.84. The number of nitrogens with one attached hydrogen (secondary N) is 1. The van der Waals surface area contributed by atoms with Gasteiger partial charge in [-0.25, -0.2) is 0 Å². The van der Waals surface area contributed by atoms with Crippen LogP contribution in [-0.2, 0) is 14.2 Å². The largest absolute Gasteiger partial charge is 0.371 e. The zero-order valence-electron chi connectivity index (χ0n) is 12.4. The molecule has 0 bridgehead atoms. The van der Waals surface area contributed by atoms with E-state index in [1.165, 1.54) is 0 Å². The van der Waals surface area contributed by atoms with Gasteiger partial charge in [-0.2, -0.15) is 0 Å². The van der Waals surface area contributed by atoms with Crippen LogP contribution >= 0.6 is 0 Å². The van der Waals surface area contributed by atoms with Crippen LogP contribution in [0.25, 0.3) is 0 Å². The molecular formula is C14H27NO3. The first kappa shape index (κ1) is 14.3. The molecule has 4 nitrogen and oxygen atoms in total. The maximum absolute atomic E-state index is 6.01. The van der Waals surface area contributed by atoms with E-state index < -0.39 is 0 Å². The van der Waals surface area contributed by atoms with Crippen LogP contribution < -0.4 is 5.32 Å². The lowest BCUT2D eigenvalue weighted by Gasteiger charge is -2.28. The second-order valence-electron chi connectivity index (χ2n) is 7.37. The molecule has 2 rings (SSSR count). The fraction of sp³-hybridized carbons (Fsp3) is 1.00. The topological polar surface area (TPSA) is 39.7 Å². The maximum atomic E-state index is 6.01. The van der Waals surface area contributed by atoms with Gasteiger partial charge in [-0.05, 0) is 41.5 Å². The summed E-state index contributed by atoms with van der Waals surface area (Å²) in [6.45, 7) is 14.0. The molecule has 0 spiro atoms. The summed E-state index contributed by atoms with van der Waals surface area (Å²) in [6.07, 6.45) is 0.252. The SMILES string of the molecule is CC(C)(C)N[C@@H]1COC2C1OC[C@@H]2OC(C)(C)C. The Morgan fingerprint density at radius 2 is 1.56 bits per heavy atom. The lowest BCUT2D eigenvalue weighted by Crippen LogP contribution is -2.50. The van der Waals surface area contributed by atoms with E-state index in [1.807, 2.05) is 0 Å². The zero-order valence-corrected chi connectivity index (χ0v) is 12.4. The van der Waals surface area contributed by atoms with Crippen molar-refractivity contribution in [3.8, 4) is 0 Å². The van der Waals surface area contributed by atoms with Crippen molar-refractivity contribution in [1.82, 2.24) is 5.32 Å². The van der Waals surface area contributed by atoms with Crippen molar-refractivity contribution in [3.05, 3.63) is 0 Å². The van der Waals surface area contributed by atoms with Gasteiger partial charge in [0.1, 0.15) is 18.3 Å². The first-order valence-electron chi connectivity index (χ1n) is 6.84. The van der Waals surface area contributed by atoms with E-state index in [-0.39, 0.29) is 35.5 Å². The first-order chi connectivity index (χ1) is 8.16. The summed E-state index contributed by atoms with van der Waals surface area (Å²) in [5, 5.41) is 3.57. The Morgan fingerprint density at radius 3 is 2.11 bits per heavy atom. The van der Waals surface area contributed by atoms with Gasteiger partial charge in [-0.1, -0.05) is 0 Å². The van der Waals surface area contributed by atoms with E-state index >= 15 is 0 Å². The predicted molar refractivity (Wildman–Crippen MR) is 70.8 cm³/mol. The summed E-state index contributed by atoms with van der Waals surface area (Å²) in [7, 11) is 0. The zero-order chi connectivity index (χ0) is 13.6. The van der Waals surface area contributed by atoms with Crippen molar-refractivity contribution < 1.29 is 14.2 Å². The number of hydrogen-bond acceptors (Lipinski definition) is 4. The number of hydrogen-bond donors (Lipinski definition) is 1. The van der Waals surface area contributed by atoms with Crippen molar-refractivity contribution in [1.29, 1.82) is 0 Å². The van der Waals surface area contributed by atoms with Crippen molar-refractivity contribution in [2.45, 2.75) is 77.0 Å². The average Bonchev–Trinajstić information content (AvgIpc) is 2.66. The molecule has 2 unspecified atom stereocenters. The highest BCUT2D eigenvalue weighted by atomic mass is 16.6. The summed E-state index contributed by atoms with van der Waals surface area (Å²) in [5.41, 5.74) is -0.0724. The van der Waals surface area contributed by atoms with Crippen molar-refractivity contribution in [2.24, 2.45) is 0 Å². The molecule has 18 heavy (non-hydrogen) atoms. The molecule has 2 aliphatic heterocycles. The van der Waals surface area contributed by atoms with Gasteiger partial charge in [-0.15, -0.1) is 0 Å². The third kappa shape index (κ3) is 3.44. The Balaban J connectivity index is 1.95. The molecule has 1 N–H and O–H groups in total.